The zero-order chi connectivity index (χ0) is 23.0. The van der Waals surface area contributed by atoms with E-state index in [1.165, 1.54) is 23.1 Å². The van der Waals surface area contributed by atoms with Gasteiger partial charge in [-0.2, -0.15) is 0 Å². The Morgan fingerprint density at radius 3 is 2.52 bits per heavy atom. The van der Waals surface area contributed by atoms with Crippen molar-refractivity contribution in [3.63, 3.8) is 0 Å². The molecule has 0 aliphatic carbocycles. The van der Waals surface area contributed by atoms with Crippen molar-refractivity contribution in [1.29, 1.82) is 0 Å². The number of benzene rings is 2. The Hall–Kier alpha value is -2.81. The van der Waals surface area contributed by atoms with Crippen molar-refractivity contribution in [2.45, 2.75) is 25.7 Å². The second-order valence-electron chi connectivity index (χ2n) is 7.51. The van der Waals surface area contributed by atoms with Gasteiger partial charge in [0.05, 0.1) is 10.6 Å². The van der Waals surface area contributed by atoms with Gasteiger partial charge in [-0.25, -0.2) is 4.98 Å². The van der Waals surface area contributed by atoms with E-state index < -0.39 is 0 Å². The number of hydrogen-bond acceptors (Lipinski definition) is 6. The topological polar surface area (TPSA) is 62.3 Å². The van der Waals surface area contributed by atoms with Crippen LogP contribution < -0.4 is 5.32 Å². The van der Waals surface area contributed by atoms with E-state index in [1.807, 2.05) is 72.1 Å². The molecule has 0 spiro atoms. The zero-order valence-electron chi connectivity index (χ0n) is 17.9. The second-order valence-corrected chi connectivity index (χ2v) is 10.0. The predicted octanol–water partition coefficient (Wildman–Crippen LogP) is 6.21. The summed E-state index contributed by atoms with van der Waals surface area (Å²) in [5, 5.41) is 5.44. The van der Waals surface area contributed by atoms with Crippen molar-refractivity contribution in [2.24, 2.45) is 0 Å². The maximum absolute atomic E-state index is 12.7. The quantitative estimate of drug-likeness (QED) is 0.218. The van der Waals surface area contributed by atoms with Gasteiger partial charge in [0.1, 0.15) is 4.32 Å². The largest absolute Gasteiger partial charge is 0.302 e. The van der Waals surface area contributed by atoms with Crippen molar-refractivity contribution >= 4 is 62.7 Å². The molecule has 5 nitrogen and oxygen atoms in total. The Kier molecular flexibility index (Phi) is 8.04. The summed E-state index contributed by atoms with van der Waals surface area (Å²) in [6, 6.07) is 19.7. The number of thiocarbonyl (C=S) groups is 1. The van der Waals surface area contributed by atoms with Crippen molar-refractivity contribution in [3.8, 4) is 11.3 Å². The fourth-order valence-electron chi connectivity index (χ4n) is 3.38. The summed E-state index contributed by atoms with van der Waals surface area (Å²) in [5.41, 5.74) is 2.88. The highest BCUT2D eigenvalue weighted by Gasteiger charge is 2.31. The summed E-state index contributed by atoms with van der Waals surface area (Å²) in [6.45, 7) is 0.575. The standard InChI is InChI=1S/C25H23N3O2S3/c29-22(27-24-26-20(17-32-24)19-12-6-2-7-13-19)14-8-3-9-15-28-23(30)21(33-25(28)31)16-18-10-4-1-5-11-18/h1-2,4-7,10-13,16-17H,3,8-9,14-15H2,(H,26,27,29). The maximum Gasteiger partial charge on any atom is 0.266 e. The van der Waals surface area contributed by atoms with Crippen LogP contribution >= 0.6 is 35.3 Å². The van der Waals surface area contributed by atoms with E-state index in [0.717, 1.165) is 36.1 Å². The first-order valence-corrected chi connectivity index (χ1v) is 12.8. The summed E-state index contributed by atoms with van der Waals surface area (Å²) >= 11 is 8.17. The average molecular weight is 494 g/mol. The van der Waals surface area contributed by atoms with Crippen LogP contribution in [0, 0.1) is 0 Å². The van der Waals surface area contributed by atoms with Crippen LogP contribution in [0.4, 0.5) is 5.13 Å². The van der Waals surface area contributed by atoms with Crippen molar-refractivity contribution in [3.05, 3.63) is 76.5 Å². The molecule has 4 rings (SSSR count). The zero-order valence-corrected chi connectivity index (χ0v) is 20.3. The van der Waals surface area contributed by atoms with Gasteiger partial charge in [0.2, 0.25) is 5.91 Å². The summed E-state index contributed by atoms with van der Waals surface area (Å²) < 4.78 is 0.595. The van der Waals surface area contributed by atoms with E-state index in [-0.39, 0.29) is 11.8 Å². The maximum atomic E-state index is 12.7. The second kappa shape index (κ2) is 11.4. The third kappa shape index (κ3) is 6.37. The van der Waals surface area contributed by atoms with E-state index in [0.29, 0.717) is 27.3 Å². The minimum atomic E-state index is -0.0413. The van der Waals surface area contributed by atoms with Crippen LogP contribution in [0.1, 0.15) is 31.2 Å². The number of hydrogen-bond donors (Lipinski definition) is 1. The lowest BCUT2D eigenvalue weighted by Gasteiger charge is -2.14. The van der Waals surface area contributed by atoms with Crippen LogP contribution in [0.2, 0.25) is 0 Å². The minimum absolute atomic E-state index is 0.0374. The fourth-order valence-corrected chi connectivity index (χ4v) is 5.42. The molecule has 1 aliphatic heterocycles. The summed E-state index contributed by atoms with van der Waals surface area (Å²) in [7, 11) is 0. The number of amides is 2. The summed E-state index contributed by atoms with van der Waals surface area (Å²) in [5.74, 6) is -0.0787. The molecule has 0 saturated carbocycles. The molecule has 168 valence electrons. The SMILES string of the molecule is O=C(CCCCCN1C(=O)C(=Cc2ccccc2)SC1=S)Nc1nc(-c2ccccc2)cs1. The predicted molar refractivity (Wildman–Crippen MR) is 141 cm³/mol. The first kappa shape index (κ1) is 23.4. The molecule has 2 heterocycles. The van der Waals surface area contributed by atoms with E-state index in [9.17, 15) is 9.59 Å². The van der Waals surface area contributed by atoms with Gasteiger partial charge in [-0.1, -0.05) is 91.1 Å². The molecule has 1 fully saturated rings. The average Bonchev–Trinajstić information content (AvgIpc) is 3.39. The van der Waals surface area contributed by atoms with Gasteiger partial charge in [-0.05, 0) is 24.5 Å². The van der Waals surface area contributed by atoms with Gasteiger partial charge in [0.15, 0.2) is 5.13 Å². The first-order chi connectivity index (χ1) is 16.1. The number of unbranched alkanes of at least 4 members (excludes halogenated alkanes) is 2. The van der Waals surface area contributed by atoms with Gasteiger partial charge in [-0.15, -0.1) is 11.3 Å². The number of carbonyl (C=O) groups excluding carboxylic acids is 2. The van der Waals surface area contributed by atoms with Crippen LogP contribution in [0.5, 0.6) is 0 Å². The Balaban J connectivity index is 1.18. The van der Waals surface area contributed by atoms with Gasteiger partial charge >= 0.3 is 0 Å². The highest BCUT2D eigenvalue weighted by molar-refractivity contribution is 8.26. The van der Waals surface area contributed by atoms with Gasteiger partial charge < -0.3 is 5.32 Å². The smallest absolute Gasteiger partial charge is 0.266 e. The molecule has 0 bridgehead atoms. The molecule has 8 heteroatoms. The number of nitrogens with zero attached hydrogens (tertiary/aromatic N) is 2. The van der Waals surface area contributed by atoms with Crippen LogP contribution in [0.3, 0.4) is 0 Å². The molecular formula is C25H23N3O2S3. The third-order valence-corrected chi connectivity index (χ3v) is 7.21. The molecule has 3 aromatic rings. The Morgan fingerprint density at radius 2 is 1.76 bits per heavy atom. The van der Waals surface area contributed by atoms with Gasteiger partial charge in [0.25, 0.3) is 5.91 Å². The van der Waals surface area contributed by atoms with Crippen LogP contribution in [-0.4, -0.2) is 32.6 Å². The van der Waals surface area contributed by atoms with E-state index >= 15 is 0 Å². The van der Waals surface area contributed by atoms with Crippen molar-refractivity contribution < 1.29 is 9.59 Å². The third-order valence-electron chi connectivity index (χ3n) is 5.08. The molecule has 1 N–H and O–H groups in total. The lowest BCUT2D eigenvalue weighted by atomic mass is 10.1. The lowest BCUT2D eigenvalue weighted by molar-refractivity contribution is -0.122. The van der Waals surface area contributed by atoms with Crippen LogP contribution in [0.25, 0.3) is 17.3 Å². The Bertz CT molecular complexity index is 1160. The molecule has 0 radical (unpaired) electrons. The van der Waals surface area contributed by atoms with E-state index in [2.05, 4.69) is 10.3 Å². The molecule has 1 saturated heterocycles. The Labute approximate surface area is 206 Å². The van der Waals surface area contributed by atoms with Crippen molar-refractivity contribution in [2.75, 3.05) is 11.9 Å². The number of aromatic nitrogens is 1. The summed E-state index contributed by atoms with van der Waals surface area (Å²) in [6.07, 6.45) is 4.69. The molecule has 2 aromatic carbocycles. The molecule has 0 unspecified atom stereocenters. The van der Waals surface area contributed by atoms with E-state index in [4.69, 9.17) is 12.2 Å². The molecule has 33 heavy (non-hydrogen) atoms. The van der Waals surface area contributed by atoms with Crippen LogP contribution in [-0.2, 0) is 9.59 Å². The molecule has 0 atom stereocenters. The lowest BCUT2D eigenvalue weighted by Crippen LogP contribution is -2.29. The first-order valence-electron chi connectivity index (χ1n) is 10.7. The monoisotopic (exact) mass is 493 g/mol. The van der Waals surface area contributed by atoms with Crippen LogP contribution in [0.15, 0.2) is 70.9 Å². The molecule has 1 aromatic heterocycles. The number of carbonyl (C=O) groups is 2. The highest BCUT2D eigenvalue weighted by Crippen LogP contribution is 2.32. The highest BCUT2D eigenvalue weighted by atomic mass is 32.2. The Morgan fingerprint density at radius 1 is 1.03 bits per heavy atom. The normalized spacial score (nSPS) is 14.8. The van der Waals surface area contributed by atoms with Gasteiger partial charge in [-0.3, -0.25) is 14.5 Å². The minimum Gasteiger partial charge on any atom is -0.302 e. The molecule has 2 amide bonds. The number of rotatable bonds is 9. The number of anilines is 1. The number of thiazole rings is 1. The fraction of sp³-hybridized carbons (Fsp3) is 0.200. The molecule has 1 aliphatic rings. The van der Waals surface area contributed by atoms with Crippen molar-refractivity contribution in [1.82, 2.24) is 9.88 Å². The van der Waals surface area contributed by atoms with E-state index in [1.54, 1.807) is 4.90 Å². The summed E-state index contributed by atoms with van der Waals surface area (Å²) in [4.78, 5) is 31.7. The molecular weight excluding hydrogens is 470 g/mol. The number of thioether (sulfide) groups is 1. The van der Waals surface area contributed by atoms with Gasteiger partial charge in [0, 0.05) is 23.9 Å². The number of nitrogens with one attached hydrogen (secondary N) is 1.